The monoisotopic (exact) mass is 338 g/mol. The van der Waals surface area contributed by atoms with E-state index in [1.165, 1.54) is 11.3 Å². The van der Waals surface area contributed by atoms with E-state index in [1.54, 1.807) is 6.08 Å². The van der Waals surface area contributed by atoms with Crippen LogP contribution in [0.3, 0.4) is 0 Å². The highest BCUT2D eigenvalue weighted by Crippen LogP contribution is 2.32. The Labute approximate surface area is 137 Å². The molecule has 2 heterocycles. The SMILES string of the molecule is CCCC(C)NC(=O)CN1C(=O)S/C(=C\c2cccs2)C1=O. The van der Waals surface area contributed by atoms with Crippen LogP contribution in [0.1, 0.15) is 31.6 Å². The molecule has 0 radical (unpaired) electrons. The highest BCUT2D eigenvalue weighted by molar-refractivity contribution is 8.18. The molecule has 7 heteroatoms. The van der Waals surface area contributed by atoms with E-state index >= 15 is 0 Å². The molecule has 0 bridgehead atoms. The van der Waals surface area contributed by atoms with E-state index in [9.17, 15) is 14.4 Å². The van der Waals surface area contributed by atoms with Gasteiger partial charge in [-0.05, 0) is 42.6 Å². The van der Waals surface area contributed by atoms with E-state index in [4.69, 9.17) is 0 Å². The van der Waals surface area contributed by atoms with Crippen LogP contribution in [0.2, 0.25) is 0 Å². The van der Waals surface area contributed by atoms with Crippen molar-refractivity contribution < 1.29 is 14.4 Å². The second kappa shape index (κ2) is 7.60. The summed E-state index contributed by atoms with van der Waals surface area (Å²) >= 11 is 2.37. The lowest BCUT2D eigenvalue weighted by atomic mass is 10.2. The molecule has 1 aliphatic rings. The molecule has 118 valence electrons. The van der Waals surface area contributed by atoms with Gasteiger partial charge < -0.3 is 5.32 Å². The Morgan fingerprint density at radius 3 is 2.86 bits per heavy atom. The molecule has 1 aromatic heterocycles. The van der Waals surface area contributed by atoms with Crippen molar-refractivity contribution in [3.63, 3.8) is 0 Å². The Balaban J connectivity index is 1.99. The average molecular weight is 338 g/mol. The lowest BCUT2D eigenvalue weighted by Crippen LogP contribution is -2.42. The lowest BCUT2D eigenvalue weighted by Gasteiger charge is -2.16. The summed E-state index contributed by atoms with van der Waals surface area (Å²) in [6.45, 7) is 3.72. The first kappa shape index (κ1) is 16.8. The van der Waals surface area contributed by atoms with Gasteiger partial charge in [0, 0.05) is 10.9 Å². The molecule has 1 saturated heterocycles. The Kier molecular flexibility index (Phi) is 5.79. The van der Waals surface area contributed by atoms with Gasteiger partial charge in [-0.15, -0.1) is 11.3 Å². The van der Waals surface area contributed by atoms with Gasteiger partial charge in [0.05, 0.1) is 4.91 Å². The topological polar surface area (TPSA) is 66.5 Å². The second-order valence-electron chi connectivity index (χ2n) is 5.04. The van der Waals surface area contributed by atoms with E-state index < -0.39 is 11.1 Å². The van der Waals surface area contributed by atoms with Crippen LogP contribution in [-0.4, -0.2) is 34.5 Å². The number of thiophene rings is 1. The Morgan fingerprint density at radius 1 is 1.45 bits per heavy atom. The zero-order chi connectivity index (χ0) is 16.1. The van der Waals surface area contributed by atoms with Crippen molar-refractivity contribution in [1.29, 1.82) is 0 Å². The summed E-state index contributed by atoms with van der Waals surface area (Å²) in [5, 5.41) is 4.30. The summed E-state index contributed by atoms with van der Waals surface area (Å²) in [6, 6.07) is 3.79. The number of amides is 3. The average Bonchev–Trinajstić information content (AvgIpc) is 3.04. The summed E-state index contributed by atoms with van der Waals surface area (Å²) in [5.74, 6) is -0.706. The van der Waals surface area contributed by atoms with Crippen LogP contribution in [0.15, 0.2) is 22.4 Å². The van der Waals surface area contributed by atoms with Gasteiger partial charge in [-0.1, -0.05) is 19.4 Å². The normalized spacial score (nSPS) is 18.1. The number of thioether (sulfide) groups is 1. The smallest absolute Gasteiger partial charge is 0.294 e. The van der Waals surface area contributed by atoms with E-state index in [0.29, 0.717) is 4.91 Å². The van der Waals surface area contributed by atoms with Crippen LogP contribution in [0.5, 0.6) is 0 Å². The maximum absolute atomic E-state index is 12.2. The number of rotatable bonds is 6. The molecule has 2 rings (SSSR count). The number of nitrogens with one attached hydrogen (secondary N) is 1. The summed E-state index contributed by atoms with van der Waals surface area (Å²) in [6.07, 6.45) is 3.52. The Morgan fingerprint density at radius 2 is 2.23 bits per heavy atom. The van der Waals surface area contributed by atoms with E-state index in [-0.39, 0.29) is 18.5 Å². The molecule has 0 aliphatic carbocycles. The van der Waals surface area contributed by atoms with E-state index in [2.05, 4.69) is 5.32 Å². The largest absolute Gasteiger partial charge is 0.352 e. The number of carbonyl (C=O) groups excluding carboxylic acids is 3. The quantitative estimate of drug-likeness (QED) is 0.810. The van der Waals surface area contributed by atoms with Gasteiger partial charge in [-0.2, -0.15) is 0 Å². The van der Waals surface area contributed by atoms with Crippen molar-refractivity contribution in [2.45, 2.75) is 32.7 Å². The number of carbonyl (C=O) groups is 3. The predicted molar refractivity (Wildman–Crippen MR) is 89.5 cm³/mol. The van der Waals surface area contributed by atoms with Crippen LogP contribution in [0.4, 0.5) is 4.79 Å². The summed E-state index contributed by atoms with van der Waals surface area (Å²) < 4.78 is 0. The molecule has 1 aromatic rings. The molecular weight excluding hydrogens is 320 g/mol. The second-order valence-corrected chi connectivity index (χ2v) is 7.01. The van der Waals surface area contributed by atoms with Crippen molar-refractivity contribution in [3.8, 4) is 0 Å². The molecule has 0 saturated carbocycles. The zero-order valence-electron chi connectivity index (χ0n) is 12.5. The summed E-state index contributed by atoms with van der Waals surface area (Å²) in [4.78, 5) is 38.3. The third-order valence-corrected chi connectivity index (χ3v) is 4.85. The van der Waals surface area contributed by atoms with Crippen molar-refractivity contribution in [2.24, 2.45) is 0 Å². The standard InChI is InChI=1S/C15H18N2O3S2/c1-3-5-10(2)16-13(18)9-17-14(19)12(22-15(17)20)8-11-6-4-7-21-11/h4,6-8,10H,3,5,9H2,1-2H3,(H,16,18)/b12-8-. The highest BCUT2D eigenvalue weighted by Gasteiger charge is 2.36. The van der Waals surface area contributed by atoms with Crippen LogP contribution < -0.4 is 5.32 Å². The van der Waals surface area contributed by atoms with Crippen molar-refractivity contribution in [2.75, 3.05) is 6.54 Å². The third kappa shape index (κ3) is 4.20. The fraction of sp³-hybridized carbons (Fsp3) is 0.400. The van der Waals surface area contributed by atoms with E-state index in [1.807, 2.05) is 31.4 Å². The predicted octanol–water partition coefficient (Wildman–Crippen LogP) is 3.09. The summed E-state index contributed by atoms with van der Waals surface area (Å²) in [7, 11) is 0. The van der Waals surface area contributed by atoms with Crippen LogP contribution >= 0.6 is 23.1 Å². The van der Waals surface area contributed by atoms with Gasteiger partial charge in [0.25, 0.3) is 11.1 Å². The molecule has 1 unspecified atom stereocenters. The van der Waals surface area contributed by atoms with Gasteiger partial charge in [-0.3, -0.25) is 19.3 Å². The van der Waals surface area contributed by atoms with Crippen LogP contribution in [0, 0.1) is 0 Å². The van der Waals surface area contributed by atoms with Gasteiger partial charge in [0.1, 0.15) is 6.54 Å². The number of imide groups is 1. The molecule has 3 amide bonds. The van der Waals surface area contributed by atoms with Gasteiger partial charge >= 0.3 is 0 Å². The molecule has 0 spiro atoms. The maximum Gasteiger partial charge on any atom is 0.294 e. The third-order valence-electron chi connectivity index (χ3n) is 3.12. The maximum atomic E-state index is 12.2. The molecule has 22 heavy (non-hydrogen) atoms. The fourth-order valence-corrected chi connectivity index (χ4v) is 3.67. The number of nitrogens with zero attached hydrogens (tertiary/aromatic N) is 1. The van der Waals surface area contributed by atoms with Gasteiger partial charge in [0.15, 0.2) is 0 Å². The van der Waals surface area contributed by atoms with Gasteiger partial charge in [0.2, 0.25) is 5.91 Å². The lowest BCUT2D eigenvalue weighted by molar-refractivity contribution is -0.129. The first-order chi connectivity index (χ1) is 10.5. The highest BCUT2D eigenvalue weighted by atomic mass is 32.2. The minimum absolute atomic E-state index is 0.0408. The molecule has 1 N–H and O–H groups in total. The van der Waals surface area contributed by atoms with Gasteiger partial charge in [-0.25, -0.2) is 0 Å². The van der Waals surface area contributed by atoms with Crippen LogP contribution in [-0.2, 0) is 9.59 Å². The minimum atomic E-state index is -0.401. The van der Waals surface area contributed by atoms with Crippen molar-refractivity contribution >= 4 is 46.2 Å². The van der Waals surface area contributed by atoms with Crippen LogP contribution in [0.25, 0.3) is 6.08 Å². The fourth-order valence-electron chi connectivity index (χ4n) is 2.11. The first-order valence-electron chi connectivity index (χ1n) is 7.09. The molecule has 1 aliphatic heterocycles. The van der Waals surface area contributed by atoms with Crippen molar-refractivity contribution in [1.82, 2.24) is 10.2 Å². The number of hydrogen-bond donors (Lipinski definition) is 1. The zero-order valence-corrected chi connectivity index (χ0v) is 14.1. The van der Waals surface area contributed by atoms with E-state index in [0.717, 1.165) is 34.4 Å². The minimum Gasteiger partial charge on any atom is -0.352 e. The Hall–Kier alpha value is -1.60. The molecular formula is C15H18N2O3S2. The van der Waals surface area contributed by atoms with Crippen molar-refractivity contribution in [3.05, 3.63) is 27.3 Å². The molecule has 1 atom stereocenters. The first-order valence-corrected chi connectivity index (χ1v) is 8.79. The molecule has 0 aromatic carbocycles. The summed E-state index contributed by atoms with van der Waals surface area (Å²) in [5.41, 5.74) is 0. The Bertz CT molecular complexity index is 596. The molecule has 5 nitrogen and oxygen atoms in total. The number of hydrogen-bond acceptors (Lipinski definition) is 5. The molecule has 1 fully saturated rings.